The molecule has 0 amide bonds. The third-order valence-corrected chi connectivity index (χ3v) is 4.16. The van der Waals surface area contributed by atoms with Crippen molar-refractivity contribution in [1.82, 2.24) is 20.4 Å². The lowest BCUT2D eigenvalue weighted by atomic mass is 9.78. The minimum Gasteiger partial charge on any atom is -0.339 e. The Bertz CT molecular complexity index is 546. The van der Waals surface area contributed by atoms with E-state index in [0.717, 1.165) is 49.6 Å². The van der Waals surface area contributed by atoms with Crippen LogP contribution >= 0.6 is 0 Å². The van der Waals surface area contributed by atoms with Crippen molar-refractivity contribution in [3.63, 3.8) is 0 Å². The lowest BCUT2D eigenvalue weighted by Gasteiger charge is -2.33. The molecule has 3 rings (SSSR count). The van der Waals surface area contributed by atoms with Gasteiger partial charge in [-0.15, -0.1) is 0 Å². The molecule has 0 spiro atoms. The highest BCUT2D eigenvalue weighted by Crippen LogP contribution is 2.33. The number of nitrogens with one attached hydrogen (secondary N) is 1. The maximum atomic E-state index is 5.55. The van der Waals surface area contributed by atoms with E-state index in [1.54, 1.807) is 6.20 Å². The van der Waals surface area contributed by atoms with Gasteiger partial charge in [0.05, 0.1) is 5.41 Å². The van der Waals surface area contributed by atoms with Gasteiger partial charge in [-0.05, 0) is 37.4 Å². The second-order valence-corrected chi connectivity index (χ2v) is 5.47. The molecule has 2 aromatic rings. The Morgan fingerprint density at radius 2 is 2.40 bits per heavy atom. The Morgan fingerprint density at radius 1 is 1.45 bits per heavy atom. The average Bonchev–Trinajstić information content (AvgIpc) is 2.98. The summed E-state index contributed by atoms with van der Waals surface area (Å²) in [6, 6.07) is 3.95. The van der Waals surface area contributed by atoms with Gasteiger partial charge in [-0.1, -0.05) is 18.1 Å². The zero-order chi connectivity index (χ0) is 13.8. The highest BCUT2D eigenvalue weighted by Gasteiger charge is 2.37. The van der Waals surface area contributed by atoms with Crippen LogP contribution in [0.2, 0.25) is 0 Å². The number of piperidine rings is 1. The molecule has 5 heteroatoms. The van der Waals surface area contributed by atoms with Gasteiger partial charge in [0.1, 0.15) is 0 Å². The summed E-state index contributed by atoms with van der Waals surface area (Å²) >= 11 is 0. The third kappa shape index (κ3) is 2.58. The molecule has 20 heavy (non-hydrogen) atoms. The number of nitrogens with zero attached hydrogens (tertiary/aromatic N) is 3. The first-order valence-corrected chi connectivity index (χ1v) is 7.25. The predicted molar refractivity (Wildman–Crippen MR) is 75.4 cm³/mol. The van der Waals surface area contributed by atoms with Crippen LogP contribution in [0.15, 0.2) is 29.0 Å². The summed E-state index contributed by atoms with van der Waals surface area (Å²) in [6.07, 6.45) is 7.58. The summed E-state index contributed by atoms with van der Waals surface area (Å²) in [4.78, 5) is 8.74. The number of rotatable bonds is 4. The van der Waals surface area contributed by atoms with E-state index in [-0.39, 0.29) is 5.41 Å². The van der Waals surface area contributed by atoms with E-state index >= 15 is 0 Å². The predicted octanol–water partition coefficient (Wildman–Crippen LogP) is 2.09. The van der Waals surface area contributed by atoms with E-state index in [0.29, 0.717) is 6.42 Å². The molecule has 1 aliphatic rings. The Balaban J connectivity index is 1.79. The molecule has 2 aromatic heterocycles. The third-order valence-electron chi connectivity index (χ3n) is 4.16. The van der Waals surface area contributed by atoms with Gasteiger partial charge < -0.3 is 9.84 Å². The van der Waals surface area contributed by atoms with Crippen molar-refractivity contribution in [2.75, 3.05) is 13.1 Å². The van der Waals surface area contributed by atoms with Crippen molar-refractivity contribution in [2.24, 2.45) is 0 Å². The molecule has 1 fully saturated rings. The molecule has 5 nitrogen and oxygen atoms in total. The van der Waals surface area contributed by atoms with Gasteiger partial charge in [-0.3, -0.25) is 4.98 Å². The molecule has 0 radical (unpaired) electrons. The highest BCUT2D eigenvalue weighted by atomic mass is 16.5. The maximum Gasteiger partial charge on any atom is 0.234 e. The molecule has 1 unspecified atom stereocenters. The van der Waals surface area contributed by atoms with Crippen molar-refractivity contribution in [3.8, 4) is 0 Å². The Kier molecular flexibility index (Phi) is 3.78. The monoisotopic (exact) mass is 272 g/mol. The fourth-order valence-electron chi connectivity index (χ4n) is 2.83. The number of aromatic nitrogens is 3. The van der Waals surface area contributed by atoms with Gasteiger partial charge in [0, 0.05) is 25.4 Å². The summed E-state index contributed by atoms with van der Waals surface area (Å²) in [5, 5.41) is 7.58. The summed E-state index contributed by atoms with van der Waals surface area (Å²) in [5.74, 6) is 1.53. The largest absolute Gasteiger partial charge is 0.339 e. The molecule has 0 bridgehead atoms. The van der Waals surface area contributed by atoms with Gasteiger partial charge in [0.2, 0.25) is 5.89 Å². The number of pyridine rings is 1. The van der Waals surface area contributed by atoms with E-state index in [1.807, 2.05) is 18.3 Å². The smallest absolute Gasteiger partial charge is 0.234 e. The van der Waals surface area contributed by atoms with Crippen molar-refractivity contribution in [1.29, 1.82) is 0 Å². The van der Waals surface area contributed by atoms with Crippen molar-refractivity contribution < 1.29 is 4.52 Å². The summed E-state index contributed by atoms with van der Waals surface area (Å²) in [5.41, 5.74) is 1.12. The van der Waals surface area contributed by atoms with Gasteiger partial charge in [-0.2, -0.15) is 4.98 Å². The van der Waals surface area contributed by atoms with Gasteiger partial charge in [0.15, 0.2) is 5.82 Å². The highest BCUT2D eigenvalue weighted by molar-refractivity contribution is 5.15. The van der Waals surface area contributed by atoms with E-state index < -0.39 is 0 Å². The van der Waals surface area contributed by atoms with Gasteiger partial charge in [0.25, 0.3) is 0 Å². The van der Waals surface area contributed by atoms with Gasteiger partial charge >= 0.3 is 0 Å². The first-order chi connectivity index (χ1) is 9.82. The van der Waals surface area contributed by atoms with Crippen LogP contribution in [0.5, 0.6) is 0 Å². The molecule has 1 atom stereocenters. The fraction of sp³-hybridized carbons (Fsp3) is 0.533. The molecular weight excluding hydrogens is 252 g/mol. The van der Waals surface area contributed by atoms with Crippen molar-refractivity contribution in [2.45, 2.75) is 38.0 Å². The number of hydrogen-bond donors (Lipinski definition) is 1. The Morgan fingerprint density at radius 3 is 3.10 bits per heavy atom. The van der Waals surface area contributed by atoms with Crippen LogP contribution in [0.4, 0.5) is 0 Å². The summed E-state index contributed by atoms with van der Waals surface area (Å²) in [6.45, 7) is 4.20. The molecule has 106 valence electrons. The molecule has 0 aliphatic carbocycles. The Hall–Kier alpha value is -1.75. The first-order valence-electron chi connectivity index (χ1n) is 7.25. The standard InChI is InChI=1S/C15H20N4O/c1-2-15(6-4-8-17-11-15)14-18-13(19-20-14)9-12-5-3-7-16-10-12/h3,5,7,10,17H,2,4,6,8-9,11H2,1H3. The van der Waals surface area contributed by atoms with Crippen LogP contribution in [0.25, 0.3) is 0 Å². The topological polar surface area (TPSA) is 63.8 Å². The SMILES string of the molecule is CCC1(c2nc(Cc3cccnc3)no2)CCCNC1. The molecule has 0 saturated carbocycles. The van der Waals surface area contributed by atoms with Crippen LogP contribution in [0.1, 0.15) is 43.5 Å². The lowest BCUT2D eigenvalue weighted by molar-refractivity contribution is 0.220. The summed E-state index contributed by atoms with van der Waals surface area (Å²) in [7, 11) is 0. The van der Waals surface area contributed by atoms with Crippen LogP contribution in [0.3, 0.4) is 0 Å². The average molecular weight is 272 g/mol. The molecular formula is C15H20N4O. The molecule has 0 aromatic carbocycles. The molecule has 1 saturated heterocycles. The second kappa shape index (κ2) is 5.71. The normalized spacial score (nSPS) is 22.9. The van der Waals surface area contributed by atoms with Crippen molar-refractivity contribution in [3.05, 3.63) is 41.8 Å². The van der Waals surface area contributed by atoms with Gasteiger partial charge in [-0.25, -0.2) is 0 Å². The lowest BCUT2D eigenvalue weighted by Crippen LogP contribution is -2.43. The van der Waals surface area contributed by atoms with Crippen LogP contribution < -0.4 is 5.32 Å². The minimum absolute atomic E-state index is 0.0123. The molecule has 3 heterocycles. The van der Waals surface area contributed by atoms with Crippen molar-refractivity contribution >= 4 is 0 Å². The van der Waals surface area contributed by atoms with E-state index in [4.69, 9.17) is 4.52 Å². The van der Waals surface area contributed by atoms with E-state index in [1.165, 1.54) is 0 Å². The quantitative estimate of drug-likeness (QED) is 0.923. The minimum atomic E-state index is 0.0123. The summed E-state index contributed by atoms with van der Waals surface area (Å²) < 4.78 is 5.55. The molecule has 1 N–H and O–H groups in total. The zero-order valence-electron chi connectivity index (χ0n) is 11.8. The second-order valence-electron chi connectivity index (χ2n) is 5.47. The first kappa shape index (κ1) is 13.2. The van der Waals surface area contributed by atoms with Crippen LogP contribution in [-0.2, 0) is 11.8 Å². The fourth-order valence-corrected chi connectivity index (χ4v) is 2.83. The maximum absolute atomic E-state index is 5.55. The Labute approximate surface area is 118 Å². The number of hydrogen-bond acceptors (Lipinski definition) is 5. The van der Waals surface area contributed by atoms with Crippen LogP contribution in [0, 0.1) is 0 Å². The van der Waals surface area contributed by atoms with Crippen LogP contribution in [-0.4, -0.2) is 28.2 Å². The molecule has 1 aliphatic heterocycles. The van der Waals surface area contributed by atoms with E-state index in [2.05, 4.69) is 27.4 Å². The van der Waals surface area contributed by atoms with E-state index in [9.17, 15) is 0 Å². The zero-order valence-corrected chi connectivity index (χ0v) is 11.8.